The molecule has 0 fully saturated rings. The van der Waals surface area contributed by atoms with E-state index in [4.69, 9.17) is 34.8 Å². The zero-order valence-corrected chi connectivity index (χ0v) is 21.8. The van der Waals surface area contributed by atoms with Crippen LogP contribution in [0.2, 0.25) is 6.04 Å². The number of hydrogen-bond acceptors (Lipinski definition) is 0. The van der Waals surface area contributed by atoms with Gasteiger partial charge in [-0.25, -0.2) is 0 Å². The topological polar surface area (TPSA) is 0 Å². The second-order valence-corrected chi connectivity index (χ2v) is 11.6. The highest BCUT2D eigenvalue weighted by Crippen LogP contribution is 2.32. The number of unbranched alkanes of at least 4 members (excludes halogenated alkanes) is 18. The lowest BCUT2D eigenvalue weighted by molar-refractivity contribution is 0.522. The van der Waals surface area contributed by atoms with Crippen molar-refractivity contribution < 1.29 is 0 Å². The van der Waals surface area contributed by atoms with Crippen LogP contribution in [-0.2, 0) is 0 Å². The molecule has 0 aromatic heterocycles. The van der Waals surface area contributed by atoms with Crippen molar-refractivity contribution in [3.63, 3.8) is 0 Å². The van der Waals surface area contributed by atoms with Gasteiger partial charge in [0.05, 0.1) is 0 Å². The summed E-state index contributed by atoms with van der Waals surface area (Å²) in [4.78, 5) is 0. The van der Waals surface area contributed by atoms with Crippen LogP contribution in [-0.4, -0.2) is 14.0 Å². The SMILES string of the molecule is [SiH3]CCCCCCCCCCCCCCCCCCCCCC(Cl)(Cl)Cl. The zero-order chi connectivity index (χ0) is 19.3. The Morgan fingerprint density at radius 1 is 0.385 bits per heavy atom. The second-order valence-electron chi connectivity index (χ2n) is 8.08. The Labute approximate surface area is 182 Å². The molecule has 0 radical (unpaired) electrons. The summed E-state index contributed by atoms with van der Waals surface area (Å²) >= 11 is 17.3. The van der Waals surface area contributed by atoms with Crippen molar-refractivity contribution in [1.29, 1.82) is 0 Å². The van der Waals surface area contributed by atoms with E-state index in [1.807, 2.05) is 0 Å². The van der Waals surface area contributed by atoms with Crippen LogP contribution >= 0.6 is 34.8 Å². The van der Waals surface area contributed by atoms with Gasteiger partial charge in [0, 0.05) is 10.2 Å². The summed E-state index contributed by atoms with van der Waals surface area (Å²) in [5.41, 5.74) is 0. The van der Waals surface area contributed by atoms with E-state index >= 15 is 0 Å². The van der Waals surface area contributed by atoms with Crippen molar-refractivity contribution >= 4 is 45.0 Å². The van der Waals surface area contributed by atoms with Gasteiger partial charge in [-0.3, -0.25) is 0 Å². The normalized spacial score (nSPS) is 12.1. The summed E-state index contributed by atoms with van der Waals surface area (Å²) < 4.78 is -1.05. The van der Waals surface area contributed by atoms with Gasteiger partial charge in [-0.1, -0.05) is 156 Å². The molecule has 158 valence electrons. The van der Waals surface area contributed by atoms with Crippen LogP contribution < -0.4 is 0 Å². The fourth-order valence-corrected chi connectivity index (χ4v) is 4.48. The third-order valence-electron chi connectivity index (χ3n) is 5.31. The highest BCUT2D eigenvalue weighted by molar-refractivity contribution is 6.67. The lowest BCUT2D eigenvalue weighted by Crippen LogP contribution is -2.00. The molecule has 0 aromatic carbocycles. The first-order valence-corrected chi connectivity index (χ1v) is 14.2. The molecule has 0 aliphatic heterocycles. The number of halogens is 3. The van der Waals surface area contributed by atoms with E-state index in [0.29, 0.717) is 6.42 Å². The van der Waals surface area contributed by atoms with Gasteiger partial charge in [-0.15, -0.1) is 0 Å². The molecule has 0 spiro atoms. The van der Waals surface area contributed by atoms with E-state index in [1.54, 1.807) is 0 Å². The van der Waals surface area contributed by atoms with Crippen LogP contribution in [0.4, 0.5) is 0 Å². The first kappa shape index (κ1) is 27.1. The molecule has 0 atom stereocenters. The summed E-state index contributed by atoms with van der Waals surface area (Å²) in [5, 5.41) is 0. The standard InChI is InChI=1S/C22H45Cl3Si/c23-22(24,25)20-18-16-14-12-10-8-6-4-2-1-3-5-7-9-11-13-15-17-19-21-26/h1-21H2,26H3. The first-order valence-electron chi connectivity index (χ1n) is 11.6. The van der Waals surface area contributed by atoms with Gasteiger partial charge >= 0.3 is 0 Å². The Hall–Kier alpha value is 1.09. The smallest absolute Gasteiger partial charge is 0.0837 e. The van der Waals surface area contributed by atoms with Crippen molar-refractivity contribution in [3.8, 4) is 0 Å². The molecule has 0 aliphatic carbocycles. The summed E-state index contributed by atoms with van der Waals surface area (Å²) in [6, 6.07) is 1.50. The molecular weight excluding hydrogens is 399 g/mol. The summed E-state index contributed by atoms with van der Waals surface area (Å²) in [7, 11) is 1.40. The van der Waals surface area contributed by atoms with Crippen LogP contribution in [0.25, 0.3) is 0 Å². The van der Waals surface area contributed by atoms with Gasteiger partial charge in [0.1, 0.15) is 0 Å². The van der Waals surface area contributed by atoms with Gasteiger partial charge in [-0.2, -0.15) is 0 Å². The van der Waals surface area contributed by atoms with Crippen molar-refractivity contribution in [2.75, 3.05) is 0 Å². The molecule has 0 aliphatic rings. The predicted molar refractivity (Wildman–Crippen MR) is 127 cm³/mol. The van der Waals surface area contributed by atoms with E-state index in [1.165, 1.54) is 132 Å². The first-order chi connectivity index (χ1) is 12.6. The summed E-state index contributed by atoms with van der Waals surface area (Å²) in [6.07, 6.45) is 27.4. The summed E-state index contributed by atoms with van der Waals surface area (Å²) in [5.74, 6) is 0. The quantitative estimate of drug-likeness (QED) is 0.1000. The Bertz CT molecular complexity index is 267. The van der Waals surface area contributed by atoms with Crippen LogP contribution in [0.3, 0.4) is 0 Å². The molecule has 0 rings (SSSR count). The molecule has 0 aromatic rings. The molecule has 0 bridgehead atoms. The highest BCUT2D eigenvalue weighted by atomic mass is 35.6. The van der Waals surface area contributed by atoms with Gasteiger partial charge in [0.2, 0.25) is 0 Å². The van der Waals surface area contributed by atoms with E-state index in [0.717, 1.165) is 6.42 Å². The van der Waals surface area contributed by atoms with Crippen LogP contribution in [0.5, 0.6) is 0 Å². The van der Waals surface area contributed by atoms with Gasteiger partial charge in [0.15, 0.2) is 3.79 Å². The van der Waals surface area contributed by atoms with E-state index in [-0.39, 0.29) is 0 Å². The highest BCUT2D eigenvalue weighted by Gasteiger charge is 2.17. The number of alkyl halides is 3. The lowest BCUT2D eigenvalue weighted by atomic mass is 10.0. The van der Waals surface area contributed by atoms with Crippen molar-refractivity contribution in [3.05, 3.63) is 0 Å². The van der Waals surface area contributed by atoms with Gasteiger partial charge < -0.3 is 0 Å². The average molecular weight is 444 g/mol. The maximum Gasteiger partial charge on any atom is 0.190 e. The summed E-state index contributed by atoms with van der Waals surface area (Å²) in [6.45, 7) is 0. The molecule has 26 heavy (non-hydrogen) atoms. The van der Waals surface area contributed by atoms with Crippen molar-refractivity contribution in [2.45, 2.75) is 138 Å². The minimum absolute atomic E-state index is 0.692. The van der Waals surface area contributed by atoms with Crippen LogP contribution in [0, 0.1) is 0 Å². The third-order valence-corrected chi connectivity index (χ3v) is 6.59. The van der Waals surface area contributed by atoms with Gasteiger partial charge in [-0.05, 0) is 12.8 Å². The Morgan fingerprint density at radius 3 is 0.846 bits per heavy atom. The van der Waals surface area contributed by atoms with Crippen LogP contribution in [0.1, 0.15) is 128 Å². The maximum atomic E-state index is 5.75. The van der Waals surface area contributed by atoms with Crippen LogP contribution in [0.15, 0.2) is 0 Å². The number of hydrogen-bond donors (Lipinski definition) is 0. The molecule has 0 amide bonds. The molecule has 0 saturated heterocycles. The minimum atomic E-state index is -1.05. The fourth-order valence-electron chi connectivity index (χ4n) is 3.58. The molecule has 0 nitrogen and oxygen atoms in total. The predicted octanol–water partition coefficient (Wildman–Crippen LogP) is 8.94. The average Bonchev–Trinajstić information content (AvgIpc) is 2.59. The molecular formula is C22H45Cl3Si. The second kappa shape index (κ2) is 20.8. The van der Waals surface area contributed by atoms with Crippen molar-refractivity contribution in [1.82, 2.24) is 0 Å². The molecule has 0 unspecified atom stereocenters. The minimum Gasteiger partial charge on any atom is -0.0837 e. The molecule has 0 saturated carbocycles. The lowest BCUT2D eigenvalue weighted by Gasteiger charge is -2.09. The molecule has 4 heteroatoms. The van der Waals surface area contributed by atoms with Gasteiger partial charge in [0.25, 0.3) is 0 Å². The largest absolute Gasteiger partial charge is 0.190 e. The zero-order valence-electron chi connectivity index (χ0n) is 17.5. The Kier molecular flexibility index (Phi) is 21.7. The van der Waals surface area contributed by atoms with E-state index < -0.39 is 3.79 Å². The Morgan fingerprint density at radius 2 is 0.615 bits per heavy atom. The Balaban J connectivity index is 3.01. The van der Waals surface area contributed by atoms with E-state index in [9.17, 15) is 0 Å². The molecule has 0 heterocycles. The monoisotopic (exact) mass is 442 g/mol. The third kappa shape index (κ3) is 25.1. The molecule has 0 N–H and O–H groups in total. The number of rotatable bonds is 20. The fraction of sp³-hybridized carbons (Fsp3) is 1.00. The van der Waals surface area contributed by atoms with Crippen molar-refractivity contribution in [2.24, 2.45) is 0 Å². The van der Waals surface area contributed by atoms with E-state index in [2.05, 4.69) is 0 Å². The maximum absolute atomic E-state index is 5.75.